The van der Waals surface area contributed by atoms with Crippen molar-refractivity contribution >= 4 is 35.4 Å². The maximum Gasteiger partial charge on any atom is 0.268 e. The minimum Gasteiger partial charge on any atom is -0.508 e. The lowest BCUT2D eigenvalue weighted by atomic mass is 9.99. The van der Waals surface area contributed by atoms with E-state index in [0.29, 0.717) is 70.1 Å². The third-order valence-electron chi connectivity index (χ3n) is 12.1. The number of phenols is 1. The van der Waals surface area contributed by atoms with Crippen LogP contribution in [-0.2, 0) is 59.5 Å². The quantitative estimate of drug-likeness (QED) is 0.0712. The molecule has 69 heavy (non-hydrogen) atoms. The van der Waals surface area contributed by atoms with Gasteiger partial charge in [0.05, 0.1) is 51.8 Å². The Morgan fingerprint density at radius 1 is 0.884 bits per heavy atom. The summed E-state index contributed by atoms with van der Waals surface area (Å²) in [6.45, 7) is 2.06. The number of likely N-dealkylation sites (tertiary alicyclic amines) is 1. The lowest BCUT2D eigenvalue weighted by molar-refractivity contribution is -0.135. The highest BCUT2D eigenvalue weighted by molar-refractivity contribution is 5.95. The first-order chi connectivity index (χ1) is 33.2. The fourth-order valence-electron chi connectivity index (χ4n) is 8.40. The van der Waals surface area contributed by atoms with Gasteiger partial charge in [-0.3, -0.25) is 28.8 Å². The fourth-order valence-corrected chi connectivity index (χ4v) is 8.40. The van der Waals surface area contributed by atoms with E-state index in [9.17, 15) is 47.9 Å². The molecular formula is C48H54F2N10O9. The largest absolute Gasteiger partial charge is 0.508 e. The van der Waals surface area contributed by atoms with Gasteiger partial charge >= 0.3 is 0 Å². The van der Waals surface area contributed by atoms with E-state index in [0.717, 1.165) is 32.7 Å². The van der Waals surface area contributed by atoms with Gasteiger partial charge in [-0.2, -0.15) is 5.26 Å². The van der Waals surface area contributed by atoms with Gasteiger partial charge in [0.1, 0.15) is 23.5 Å². The molecule has 2 fully saturated rings. The SMILES string of the molecule is N#C[C@@H]1CC(F)(F)CN1C(=O)[C@@H]1C[C@@H](CC(=O)N2Cc3cccc(Cn4cc(-c5ccc(C(=O)NCCNC(=O)CCOCCOCCNC(=O)CCc6ccc(O)cc6)cc5)nn4)c3C2)C(=O)N1. The molecule has 7 rings (SSSR count). The Balaban J connectivity index is 0.758. The number of carbonyl (C=O) groups is 6. The van der Waals surface area contributed by atoms with Crippen molar-refractivity contribution in [3.8, 4) is 23.1 Å². The second-order valence-corrected chi connectivity index (χ2v) is 17.1. The summed E-state index contributed by atoms with van der Waals surface area (Å²) < 4.78 is 40.5. The predicted molar refractivity (Wildman–Crippen MR) is 242 cm³/mol. The third kappa shape index (κ3) is 13.7. The zero-order valence-corrected chi connectivity index (χ0v) is 37.8. The number of rotatable bonds is 22. The predicted octanol–water partition coefficient (Wildman–Crippen LogP) is 2.21. The normalized spacial score (nSPS) is 18.0. The van der Waals surface area contributed by atoms with Crippen LogP contribution in [-0.4, -0.2) is 136 Å². The highest BCUT2D eigenvalue weighted by atomic mass is 19.3. The summed E-state index contributed by atoms with van der Waals surface area (Å²) in [6, 6.07) is 18.7. The van der Waals surface area contributed by atoms with Crippen molar-refractivity contribution in [3.63, 3.8) is 0 Å². The van der Waals surface area contributed by atoms with Crippen molar-refractivity contribution in [3.05, 3.63) is 101 Å². The average Bonchev–Trinajstić information content (AvgIpc) is 4.15. The molecule has 3 aliphatic heterocycles. The number of hydrogen-bond acceptors (Lipinski definition) is 12. The minimum atomic E-state index is -3.18. The van der Waals surface area contributed by atoms with Crippen LogP contribution in [0.25, 0.3) is 11.3 Å². The summed E-state index contributed by atoms with van der Waals surface area (Å²) in [5, 5.41) is 38.1. The molecule has 0 bridgehead atoms. The smallest absolute Gasteiger partial charge is 0.268 e. The summed E-state index contributed by atoms with van der Waals surface area (Å²) >= 11 is 0. The molecule has 3 aliphatic rings. The Labute approximate surface area is 396 Å². The van der Waals surface area contributed by atoms with Gasteiger partial charge in [-0.1, -0.05) is 47.7 Å². The molecule has 0 spiro atoms. The average molecular weight is 953 g/mol. The highest BCUT2D eigenvalue weighted by Crippen LogP contribution is 2.34. The van der Waals surface area contributed by atoms with Crippen molar-refractivity contribution in [1.29, 1.82) is 5.26 Å². The Hall–Kier alpha value is -7.31. The molecule has 0 aliphatic carbocycles. The summed E-state index contributed by atoms with van der Waals surface area (Å²) in [5.74, 6) is -5.97. The van der Waals surface area contributed by atoms with Crippen molar-refractivity contribution in [1.82, 2.24) is 46.1 Å². The zero-order valence-electron chi connectivity index (χ0n) is 37.8. The van der Waals surface area contributed by atoms with E-state index >= 15 is 0 Å². The molecule has 2 saturated heterocycles. The number of carbonyl (C=O) groups excluding carboxylic acids is 6. The van der Waals surface area contributed by atoms with E-state index in [1.807, 2.05) is 18.2 Å². The fraction of sp³-hybridized carbons (Fsp3) is 0.438. The molecule has 364 valence electrons. The number of hydrogen-bond donors (Lipinski definition) is 5. The summed E-state index contributed by atoms with van der Waals surface area (Å²) in [7, 11) is 0. The molecule has 3 aromatic carbocycles. The Kier molecular flexibility index (Phi) is 16.6. The molecule has 21 heteroatoms. The van der Waals surface area contributed by atoms with Crippen LogP contribution in [0.5, 0.6) is 5.75 Å². The molecule has 1 aromatic heterocycles. The van der Waals surface area contributed by atoms with Gasteiger partial charge in [-0.05, 0) is 59.4 Å². The molecule has 0 radical (unpaired) electrons. The van der Waals surface area contributed by atoms with Crippen molar-refractivity contribution < 1.29 is 52.1 Å². The van der Waals surface area contributed by atoms with Crippen LogP contribution in [0.2, 0.25) is 0 Å². The number of alkyl halides is 2. The summed E-state index contributed by atoms with van der Waals surface area (Å²) in [4.78, 5) is 78.7. The van der Waals surface area contributed by atoms with Crippen LogP contribution in [0, 0.1) is 17.2 Å². The van der Waals surface area contributed by atoms with E-state index < -0.39 is 48.7 Å². The second kappa shape index (κ2) is 23.1. The van der Waals surface area contributed by atoms with E-state index in [4.69, 9.17) is 9.47 Å². The molecule has 5 N–H and O–H groups in total. The highest BCUT2D eigenvalue weighted by Gasteiger charge is 2.50. The van der Waals surface area contributed by atoms with E-state index in [-0.39, 0.29) is 68.3 Å². The van der Waals surface area contributed by atoms with Gasteiger partial charge in [-0.25, -0.2) is 13.5 Å². The van der Waals surface area contributed by atoms with Crippen LogP contribution >= 0.6 is 0 Å². The standard InChI is InChI=1S/C48H54F2N10O9/c49-48(50)24-37(25-51)60(30-48)47(67)40-22-36(46(66)55-40)23-44(64)58-26-34-2-1-3-35(39(34)28-58)27-59-29-41(56-57-59)32-7-9-33(10-8-32)45(65)54-16-15-52-43(63)14-18-68-20-21-69-19-17-53-42(62)13-6-31-4-11-38(61)12-5-31/h1-5,7-12,29,36-37,40,61H,6,13-24,26-28,30H2,(H,52,63)(H,53,62)(H,54,65)(H,55,66)/t36-,37-,40-/m0/s1. The van der Waals surface area contributed by atoms with Crippen LogP contribution in [0.1, 0.15) is 64.7 Å². The first kappa shape index (κ1) is 49.6. The van der Waals surface area contributed by atoms with Crippen molar-refractivity contribution in [2.45, 2.75) is 76.2 Å². The number of amides is 6. The molecule has 0 unspecified atom stereocenters. The maximum atomic E-state index is 14.0. The van der Waals surface area contributed by atoms with Crippen LogP contribution in [0.3, 0.4) is 0 Å². The van der Waals surface area contributed by atoms with Crippen molar-refractivity contribution in [2.75, 3.05) is 52.6 Å². The molecular weight excluding hydrogens is 899 g/mol. The first-order valence-corrected chi connectivity index (χ1v) is 22.8. The van der Waals surface area contributed by atoms with E-state index in [1.165, 1.54) is 0 Å². The second-order valence-electron chi connectivity index (χ2n) is 17.1. The maximum absolute atomic E-state index is 14.0. The van der Waals surface area contributed by atoms with E-state index in [2.05, 4.69) is 31.6 Å². The van der Waals surface area contributed by atoms with Gasteiger partial charge < -0.3 is 45.6 Å². The Morgan fingerprint density at radius 2 is 1.61 bits per heavy atom. The number of ether oxygens (including phenoxy) is 2. The van der Waals surface area contributed by atoms with Crippen LogP contribution in [0.4, 0.5) is 8.78 Å². The lowest BCUT2D eigenvalue weighted by Gasteiger charge is -2.22. The molecule has 6 amide bonds. The molecule has 19 nitrogen and oxygen atoms in total. The molecule has 4 heterocycles. The molecule has 3 atom stereocenters. The number of halogens is 2. The minimum absolute atomic E-state index is 0.0295. The van der Waals surface area contributed by atoms with Gasteiger partial charge in [0.15, 0.2) is 0 Å². The number of aromatic hydroxyl groups is 1. The number of benzene rings is 3. The van der Waals surface area contributed by atoms with E-state index in [1.54, 1.807) is 70.4 Å². The topological polar surface area (TPSA) is 250 Å². The third-order valence-corrected chi connectivity index (χ3v) is 12.1. The number of aryl methyl sites for hydroxylation is 1. The number of nitrogens with one attached hydrogen (secondary N) is 4. The summed E-state index contributed by atoms with van der Waals surface area (Å²) in [6.07, 6.45) is 1.89. The lowest BCUT2D eigenvalue weighted by Crippen LogP contribution is -2.46. The number of nitriles is 1. The Bertz CT molecular complexity index is 2530. The Morgan fingerprint density at radius 3 is 2.38 bits per heavy atom. The van der Waals surface area contributed by atoms with Gasteiger partial charge in [-0.15, -0.1) is 5.10 Å². The first-order valence-electron chi connectivity index (χ1n) is 22.8. The van der Waals surface area contributed by atoms with Gasteiger partial charge in [0.2, 0.25) is 29.5 Å². The van der Waals surface area contributed by atoms with Crippen LogP contribution in [0.15, 0.2) is 72.9 Å². The summed E-state index contributed by atoms with van der Waals surface area (Å²) in [5.41, 5.74) is 5.52. The monoisotopic (exact) mass is 952 g/mol. The molecule has 0 saturated carbocycles. The van der Waals surface area contributed by atoms with Crippen molar-refractivity contribution in [2.24, 2.45) is 5.92 Å². The number of aromatic nitrogens is 3. The van der Waals surface area contributed by atoms with Crippen LogP contribution < -0.4 is 21.3 Å². The number of phenolic OH excluding ortho intramolecular Hbond substituents is 1. The van der Waals surface area contributed by atoms with Gasteiger partial charge in [0.25, 0.3) is 11.8 Å². The number of nitrogens with zero attached hydrogens (tertiary/aromatic N) is 6. The zero-order chi connectivity index (χ0) is 48.9. The number of fused-ring (bicyclic) bond motifs is 1. The van der Waals surface area contributed by atoms with Gasteiger partial charge in [0, 0.05) is 75.5 Å². The molecule has 4 aromatic rings.